The fourth-order valence-electron chi connectivity index (χ4n) is 4.31. The van der Waals surface area contributed by atoms with Crippen LogP contribution in [0.4, 0.5) is 5.95 Å². The van der Waals surface area contributed by atoms with E-state index in [4.69, 9.17) is 4.98 Å². The first-order valence-electron chi connectivity index (χ1n) is 11.5. The highest BCUT2D eigenvalue weighted by atomic mass is 32.2. The number of benzene rings is 2. The summed E-state index contributed by atoms with van der Waals surface area (Å²) < 4.78 is 1.64. The summed E-state index contributed by atoms with van der Waals surface area (Å²) in [6.07, 6.45) is 3.45. The fraction of sp³-hybridized carbons (Fsp3) is 0.269. The molecule has 178 valence electrons. The zero-order chi connectivity index (χ0) is 24.4. The number of piperazine rings is 1. The molecule has 9 heteroatoms. The van der Waals surface area contributed by atoms with E-state index in [2.05, 4.69) is 14.9 Å². The van der Waals surface area contributed by atoms with Gasteiger partial charge in [0.1, 0.15) is 0 Å². The second-order valence-electron chi connectivity index (χ2n) is 8.55. The van der Waals surface area contributed by atoms with E-state index in [1.54, 1.807) is 29.1 Å². The summed E-state index contributed by atoms with van der Waals surface area (Å²) in [6.45, 7) is 6.58. The largest absolute Gasteiger partial charge is 0.338 e. The Morgan fingerprint density at radius 2 is 1.71 bits per heavy atom. The van der Waals surface area contributed by atoms with Gasteiger partial charge in [-0.1, -0.05) is 41.6 Å². The van der Waals surface area contributed by atoms with Gasteiger partial charge in [-0.3, -0.25) is 14.2 Å². The van der Waals surface area contributed by atoms with Crippen molar-refractivity contribution in [3.63, 3.8) is 0 Å². The Morgan fingerprint density at radius 1 is 0.971 bits per heavy atom. The minimum Gasteiger partial charge on any atom is -0.338 e. The van der Waals surface area contributed by atoms with Gasteiger partial charge in [-0.05, 0) is 43.7 Å². The SMILES string of the molecule is Cc1ccc(-n2c(SCC(=O)N3CCN(c4ncccn4)CC3)nc3ccccc3c2=O)c(C)c1. The number of aromatic nitrogens is 4. The molecule has 0 unspecified atom stereocenters. The Bertz CT molecular complexity index is 1430. The third kappa shape index (κ3) is 4.77. The lowest BCUT2D eigenvalue weighted by molar-refractivity contribution is -0.128. The maximum Gasteiger partial charge on any atom is 0.266 e. The number of para-hydroxylation sites is 1. The zero-order valence-electron chi connectivity index (χ0n) is 19.7. The Labute approximate surface area is 207 Å². The number of hydrogen-bond acceptors (Lipinski definition) is 7. The molecule has 1 aliphatic rings. The van der Waals surface area contributed by atoms with Crippen LogP contribution in [0, 0.1) is 13.8 Å². The molecular formula is C26H26N6O2S. The van der Waals surface area contributed by atoms with Crippen LogP contribution in [0.1, 0.15) is 11.1 Å². The van der Waals surface area contributed by atoms with E-state index in [0.29, 0.717) is 48.2 Å². The molecule has 0 N–H and O–H groups in total. The number of fused-ring (bicyclic) bond motifs is 1. The third-order valence-corrected chi connectivity index (χ3v) is 7.05. The quantitative estimate of drug-likeness (QED) is 0.316. The first-order chi connectivity index (χ1) is 17.0. The number of carbonyl (C=O) groups is 1. The van der Waals surface area contributed by atoms with Gasteiger partial charge < -0.3 is 9.80 Å². The molecule has 1 saturated heterocycles. The normalized spacial score (nSPS) is 13.9. The van der Waals surface area contributed by atoms with Crippen LogP contribution in [0.5, 0.6) is 0 Å². The van der Waals surface area contributed by atoms with E-state index in [1.807, 2.05) is 55.1 Å². The standard InChI is InChI=1S/C26H26N6O2S/c1-18-8-9-22(19(2)16-18)32-24(34)20-6-3-4-7-21(20)29-26(32)35-17-23(33)30-12-14-31(15-13-30)25-27-10-5-11-28-25/h3-11,16H,12-15,17H2,1-2H3. The lowest BCUT2D eigenvalue weighted by atomic mass is 10.1. The predicted octanol–water partition coefficient (Wildman–Crippen LogP) is 3.23. The molecule has 0 saturated carbocycles. The zero-order valence-corrected chi connectivity index (χ0v) is 20.5. The number of thioether (sulfide) groups is 1. The molecule has 0 aliphatic carbocycles. The minimum absolute atomic E-state index is 0.0261. The number of anilines is 1. The van der Waals surface area contributed by atoms with Gasteiger partial charge in [-0.15, -0.1) is 0 Å². The number of carbonyl (C=O) groups excluding carboxylic acids is 1. The molecule has 2 aromatic heterocycles. The number of rotatable bonds is 5. The van der Waals surface area contributed by atoms with E-state index in [9.17, 15) is 9.59 Å². The van der Waals surface area contributed by atoms with Crippen LogP contribution in [0.2, 0.25) is 0 Å². The maximum atomic E-state index is 13.5. The maximum absolute atomic E-state index is 13.5. The van der Waals surface area contributed by atoms with Gasteiger partial charge in [-0.2, -0.15) is 0 Å². The van der Waals surface area contributed by atoms with Crippen LogP contribution >= 0.6 is 11.8 Å². The van der Waals surface area contributed by atoms with E-state index >= 15 is 0 Å². The molecule has 0 spiro atoms. The van der Waals surface area contributed by atoms with Gasteiger partial charge in [0.05, 0.1) is 22.3 Å². The molecule has 1 fully saturated rings. The highest BCUT2D eigenvalue weighted by Gasteiger charge is 2.23. The second kappa shape index (κ2) is 9.87. The number of hydrogen-bond donors (Lipinski definition) is 0. The van der Waals surface area contributed by atoms with Crippen LogP contribution in [0.25, 0.3) is 16.6 Å². The van der Waals surface area contributed by atoms with Crippen molar-refractivity contribution < 1.29 is 4.79 Å². The lowest BCUT2D eigenvalue weighted by Crippen LogP contribution is -2.49. The number of amides is 1. The molecule has 3 heterocycles. The highest BCUT2D eigenvalue weighted by Crippen LogP contribution is 2.24. The lowest BCUT2D eigenvalue weighted by Gasteiger charge is -2.34. The molecule has 5 rings (SSSR count). The summed E-state index contributed by atoms with van der Waals surface area (Å²) in [7, 11) is 0. The highest BCUT2D eigenvalue weighted by molar-refractivity contribution is 7.99. The molecule has 0 bridgehead atoms. The summed E-state index contributed by atoms with van der Waals surface area (Å²) in [4.78, 5) is 43.9. The molecule has 0 radical (unpaired) electrons. The molecule has 8 nitrogen and oxygen atoms in total. The van der Waals surface area contributed by atoms with Gasteiger partial charge in [0.15, 0.2) is 5.16 Å². The molecule has 4 aromatic rings. The van der Waals surface area contributed by atoms with E-state index < -0.39 is 0 Å². The summed E-state index contributed by atoms with van der Waals surface area (Å²) >= 11 is 1.31. The number of nitrogens with zero attached hydrogens (tertiary/aromatic N) is 6. The van der Waals surface area contributed by atoms with Crippen LogP contribution in [0.15, 0.2) is 70.9 Å². The average Bonchev–Trinajstić information content (AvgIpc) is 2.89. The van der Waals surface area contributed by atoms with Crippen LogP contribution in [-0.2, 0) is 4.79 Å². The van der Waals surface area contributed by atoms with Crippen molar-refractivity contribution in [2.75, 3.05) is 36.8 Å². The average molecular weight is 487 g/mol. The summed E-state index contributed by atoms with van der Waals surface area (Å²) in [5.41, 5.74) is 3.39. The minimum atomic E-state index is -0.131. The number of aryl methyl sites for hydroxylation is 2. The predicted molar refractivity (Wildman–Crippen MR) is 138 cm³/mol. The molecule has 0 atom stereocenters. The first kappa shape index (κ1) is 23.0. The van der Waals surface area contributed by atoms with Crippen molar-refractivity contribution in [2.24, 2.45) is 0 Å². The van der Waals surface area contributed by atoms with E-state index in [-0.39, 0.29) is 17.2 Å². The van der Waals surface area contributed by atoms with Crippen molar-refractivity contribution in [1.29, 1.82) is 0 Å². The summed E-state index contributed by atoms with van der Waals surface area (Å²) in [6, 6.07) is 15.1. The monoisotopic (exact) mass is 486 g/mol. The summed E-state index contributed by atoms with van der Waals surface area (Å²) in [5.74, 6) is 0.919. The van der Waals surface area contributed by atoms with Crippen molar-refractivity contribution in [1.82, 2.24) is 24.4 Å². The van der Waals surface area contributed by atoms with Gasteiger partial charge in [0.25, 0.3) is 5.56 Å². The van der Waals surface area contributed by atoms with Crippen LogP contribution in [0.3, 0.4) is 0 Å². The molecule has 2 aromatic carbocycles. The molecule has 1 amide bonds. The van der Waals surface area contributed by atoms with Gasteiger partial charge in [-0.25, -0.2) is 15.0 Å². The van der Waals surface area contributed by atoms with Crippen LogP contribution < -0.4 is 10.5 Å². The van der Waals surface area contributed by atoms with E-state index in [1.165, 1.54) is 11.8 Å². The van der Waals surface area contributed by atoms with Crippen LogP contribution in [-0.4, -0.2) is 62.3 Å². The van der Waals surface area contributed by atoms with Gasteiger partial charge in [0, 0.05) is 38.6 Å². The fourth-order valence-corrected chi connectivity index (χ4v) is 5.21. The van der Waals surface area contributed by atoms with Crippen molar-refractivity contribution >= 4 is 34.5 Å². The van der Waals surface area contributed by atoms with Crippen molar-refractivity contribution in [3.05, 3.63) is 82.4 Å². The van der Waals surface area contributed by atoms with E-state index in [0.717, 1.165) is 16.8 Å². The second-order valence-corrected chi connectivity index (χ2v) is 9.49. The Morgan fingerprint density at radius 3 is 2.46 bits per heavy atom. The Hall–Kier alpha value is -3.72. The Kier molecular flexibility index (Phi) is 6.50. The topological polar surface area (TPSA) is 84.2 Å². The summed E-state index contributed by atoms with van der Waals surface area (Å²) in [5, 5.41) is 1.08. The van der Waals surface area contributed by atoms with Gasteiger partial charge >= 0.3 is 0 Å². The molecule has 35 heavy (non-hydrogen) atoms. The smallest absolute Gasteiger partial charge is 0.266 e. The van der Waals surface area contributed by atoms with Gasteiger partial charge in [0.2, 0.25) is 11.9 Å². The van der Waals surface area contributed by atoms with Crippen molar-refractivity contribution in [2.45, 2.75) is 19.0 Å². The molecular weight excluding hydrogens is 460 g/mol. The Balaban J connectivity index is 1.37. The van der Waals surface area contributed by atoms with Crippen molar-refractivity contribution in [3.8, 4) is 5.69 Å². The molecule has 1 aliphatic heterocycles. The third-order valence-electron chi connectivity index (χ3n) is 6.13. The first-order valence-corrected chi connectivity index (χ1v) is 12.5.